The molecule has 0 aromatic rings. The van der Waals surface area contributed by atoms with Crippen LogP contribution >= 0.6 is 0 Å². The van der Waals surface area contributed by atoms with Gasteiger partial charge in [-0.2, -0.15) is 0 Å². The molecular weight excluding hydrogens is 204 g/mol. The van der Waals surface area contributed by atoms with Gasteiger partial charge >= 0.3 is 0 Å². The topological polar surface area (TPSA) is 40.6 Å². The van der Waals surface area contributed by atoms with Gasteiger partial charge in [0.2, 0.25) is 11.8 Å². The van der Waals surface area contributed by atoms with Gasteiger partial charge < -0.3 is 9.80 Å². The van der Waals surface area contributed by atoms with Crippen molar-refractivity contribution >= 4 is 11.8 Å². The Morgan fingerprint density at radius 2 is 2.00 bits per heavy atom. The van der Waals surface area contributed by atoms with Crippen molar-refractivity contribution < 1.29 is 9.59 Å². The van der Waals surface area contributed by atoms with Crippen LogP contribution in [0.15, 0.2) is 0 Å². The lowest BCUT2D eigenvalue weighted by molar-refractivity contribution is -0.139. The fraction of sp³-hybridized carbons (Fsp3) is 0.833. The summed E-state index contributed by atoms with van der Waals surface area (Å²) < 4.78 is 0. The summed E-state index contributed by atoms with van der Waals surface area (Å²) in [6, 6.07) is 0. The average Bonchev–Trinajstić information content (AvgIpc) is 2.65. The van der Waals surface area contributed by atoms with E-state index in [2.05, 4.69) is 6.92 Å². The van der Waals surface area contributed by atoms with Crippen molar-refractivity contribution in [2.24, 2.45) is 5.92 Å². The van der Waals surface area contributed by atoms with E-state index in [1.165, 1.54) is 0 Å². The van der Waals surface area contributed by atoms with Crippen LogP contribution < -0.4 is 0 Å². The minimum atomic E-state index is 0.127. The molecule has 0 aromatic carbocycles. The van der Waals surface area contributed by atoms with E-state index in [9.17, 15) is 9.59 Å². The monoisotopic (exact) mass is 224 g/mol. The number of carbonyl (C=O) groups excluding carboxylic acids is 2. The second kappa shape index (κ2) is 4.85. The first-order valence-electron chi connectivity index (χ1n) is 6.22. The highest BCUT2D eigenvalue weighted by Gasteiger charge is 2.26. The van der Waals surface area contributed by atoms with Crippen LogP contribution in [-0.2, 0) is 9.59 Å². The van der Waals surface area contributed by atoms with E-state index in [4.69, 9.17) is 0 Å². The number of nitrogens with zero attached hydrogens (tertiary/aromatic N) is 2. The average molecular weight is 224 g/mol. The summed E-state index contributed by atoms with van der Waals surface area (Å²) in [7, 11) is 0. The molecule has 0 aromatic heterocycles. The van der Waals surface area contributed by atoms with E-state index in [0.717, 1.165) is 44.8 Å². The van der Waals surface area contributed by atoms with E-state index < -0.39 is 0 Å². The second-order valence-electron chi connectivity index (χ2n) is 4.98. The SMILES string of the molecule is CC1CCN(C(=O)CN2CCCC2=O)CC1. The van der Waals surface area contributed by atoms with Crippen molar-refractivity contribution in [1.29, 1.82) is 0 Å². The molecular formula is C12H20N2O2. The quantitative estimate of drug-likeness (QED) is 0.698. The van der Waals surface area contributed by atoms with Gasteiger partial charge in [0, 0.05) is 26.1 Å². The van der Waals surface area contributed by atoms with E-state index in [1.54, 1.807) is 4.90 Å². The maximum absolute atomic E-state index is 11.9. The summed E-state index contributed by atoms with van der Waals surface area (Å²) in [6.07, 6.45) is 3.72. The normalized spacial score (nSPS) is 22.9. The number of hydrogen-bond acceptors (Lipinski definition) is 2. The minimum Gasteiger partial charge on any atom is -0.341 e. The van der Waals surface area contributed by atoms with Gasteiger partial charge in [0.1, 0.15) is 0 Å². The van der Waals surface area contributed by atoms with Crippen LogP contribution in [0, 0.1) is 5.92 Å². The number of carbonyl (C=O) groups is 2. The number of hydrogen-bond donors (Lipinski definition) is 0. The Morgan fingerprint density at radius 3 is 2.56 bits per heavy atom. The Balaban J connectivity index is 1.81. The highest BCUT2D eigenvalue weighted by atomic mass is 16.2. The number of piperidine rings is 1. The summed E-state index contributed by atoms with van der Waals surface area (Å²) in [5.74, 6) is 0.998. The number of rotatable bonds is 2. The third kappa shape index (κ3) is 2.54. The summed E-state index contributed by atoms with van der Waals surface area (Å²) in [5.41, 5.74) is 0. The summed E-state index contributed by atoms with van der Waals surface area (Å²) in [6.45, 7) is 5.01. The third-order valence-electron chi connectivity index (χ3n) is 3.63. The van der Waals surface area contributed by atoms with Crippen LogP contribution in [0.2, 0.25) is 0 Å². The zero-order valence-electron chi connectivity index (χ0n) is 9.95. The molecule has 0 aliphatic carbocycles. The number of likely N-dealkylation sites (tertiary alicyclic amines) is 2. The van der Waals surface area contributed by atoms with Crippen LogP contribution in [0.4, 0.5) is 0 Å². The van der Waals surface area contributed by atoms with Crippen LogP contribution in [-0.4, -0.2) is 47.8 Å². The fourth-order valence-electron chi connectivity index (χ4n) is 2.39. The molecule has 2 fully saturated rings. The Bertz CT molecular complexity index is 283. The molecule has 2 saturated heterocycles. The molecule has 0 N–H and O–H groups in total. The molecule has 0 bridgehead atoms. The van der Waals surface area contributed by atoms with Gasteiger partial charge in [0.05, 0.1) is 6.54 Å². The molecule has 4 nitrogen and oxygen atoms in total. The maximum Gasteiger partial charge on any atom is 0.242 e. The Labute approximate surface area is 96.6 Å². The lowest BCUT2D eigenvalue weighted by Crippen LogP contribution is -2.44. The van der Waals surface area contributed by atoms with Crippen LogP contribution in [0.5, 0.6) is 0 Å². The van der Waals surface area contributed by atoms with Crippen molar-refractivity contribution in [1.82, 2.24) is 9.80 Å². The van der Waals surface area contributed by atoms with Crippen LogP contribution in [0.3, 0.4) is 0 Å². The number of amides is 2. The van der Waals surface area contributed by atoms with Crippen LogP contribution in [0.25, 0.3) is 0 Å². The van der Waals surface area contributed by atoms with Gasteiger partial charge in [-0.3, -0.25) is 9.59 Å². The standard InChI is InChI=1S/C12H20N2O2/c1-10-4-7-13(8-5-10)12(16)9-14-6-2-3-11(14)15/h10H,2-9H2,1H3. The lowest BCUT2D eigenvalue weighted by atomic mass is 9.99. The zero-order chi connectivity index (χ0) is 11.5. The molecule has 0 spiro atoms. The lowest BCUT2D eigenvalue weighted by Gasteiger charge is -2.31. The zero-order valence-corrected chi connectivity index (χ0v) is 9.95. The molecule has 2 aliphatic heterocycles. The van der Waals surface area contributed by atoms with Crippen molar-refractivity contribution in [3.8, 4) is 0 Å². The Kier molecular flexibility index (Phi) is 3.46. The summed E-state index contributed by atoms with van der Waals surface area (Å²) >= 11 is 0. The van der Waals surface area contributed by atoms with Crippen molar-refractivity contribution in [3.05, 3.63) is 0 Å². The van der Waals surface area contributed by atoms with E-state index in [0.29, 0.717) is 13.0 Å². The summed E-state index contributed by atoms with van der Waals surface area (Å²) in [5, 5.41) is 0. The predicted octanol–water partition coefficient (Wildman–Crippen LogP) is 0.867. The van der Waals surface area contributed by atoms with E-state index in [1.807, 2.05) is 4.90 Å². The minimum absolute atomic E-state index is 0.127. The van der Waals surface area contributed by atoms with Crippen molar-refractivity contribution in [2.75, 3.05) is 26.2 Å². The van der Waals surface area contributed by atoms with Gasteiger partial charge in [-0.05, 0) is 25.2 Å². The molecule has 2 amide bonds. The highest BCUT2D eigenvalue weighted by Crippen LogP contribution is 2.17. The van der Waals surface area contributed by atoms with Gasteiger partial charge in [0.25, 0.3) is 0 Å². The molecule has 4 heteroatoms. The predicted molar refractivity (Wildman–Crippen MR) is 60.8 cm³/mol. The van der Waals surface area contributed by atoms with Gasteiger partial charge in [0.15, 0.2) is 0 Å². The molecule has 2 aliphatic rings. The second-order valence-corrected chi connectivity index (χ2v) is 4.98. The maximum atomic E-state index is 11.9. The van der Waals surface area contributed by atoms with E-state index in [-0.39, 0.29) is 11.8 Å². The first-order valence-corrected chi connectivity index (χ1v) is 6.22. The molecule has 0 atom stereocenters. The molecule has 16 heavy (non-hydrogen) atoms. The van der Waals surface area contributed by atoms with Gasteiger partial charge in [-0.15, -0.1) is 0 Å². The molecule has 0 saturated carbocycles. The molecule has 90 valence electrons. The Morgan fingerprint density at radius 1 is 1.31 bits per heavy atom. The van der Waals surface area contributed by atoms with Gasteiger partial charge in [-0.1, -0.05) is 6.92 Å². The van der Waals surface area contributed by atoms with Crippen molar-refractivity contribution in [3.63, 3.8) is 0 Å². The molecule has 2 rings (SSSR count). The fourth-order valence-corrected chi connectivity index (χ4v) is 2.39. The first-order chi connectivity index (χ1) is 7.66. The molecule has 0 unspecified atom stereocenters. The third-order valence-corrected chi connectivity index (χ3v) is 3.63. The smallest absolute Gasteiger partial charge is 0.242 e. The summed E-state index contributed by atoms with van der Waals surface area (Å²) in [4.78, 5) is 26.9. The highest BCUT2D eigenvalue weighted by molar-refractivity contribution is 5.85. The Hall–Kier alpha value is -1.06. The van der Waals surface area contributed by atoms with Gasteiger partial charge in [-0.25, -0.2) is 0 Å². The largest absolute Gasteiger partial charge is 0.341 e. The first kappa shape index (κ1) is 11.4. The molecule has 0 radical (unpaired) electrons. The van der Waals surface area contributed by atoms with Crippen molar-refractivity contribution in [2.45, 2.75) is 32.6 Å². The molecule has 2 heterocycles. The van der Waals surface area contributed by atoms with Crippen LogP contribution in [0.1, 0.15) is 32.6 Å². The van der Waals surface area contributed by atoms with E-state index >= 15 is 0 Å².